The van der Waals surface area contributed by atoms with Crippen LogP contribution in [0.25, 0.3) is 5.69 Å². The minimum absolute atomic E-state index is 0.0810. The fourth-order valence-electron chi connectivity index (χ4n) is 2.09. The molecule has 1 atom stereocenters. The Bertz CT molecular complexity index is 575. The molecule has 1 heterocycles. The minimum Gasteiger partial charge on any atom is -0.327 e. The zero-order valence-electron chi connectivity index (χ0n) is 12.3. The number of aromatic nitrogens is 2. The minimum atomic E-state index is -0.260. The predicted octanol–water partition coefficient (Wildman–Crippen LogP) is 3.41. The quantitative estimate of drug-likeness (QED) is 0.908. The van der Waals surface area contributed by atoms with Crippen molar-refractivity contribution in [3.8, 4) is 5.69 Å². The Kier molecular flexibility index (Phi) is 4.55. The highest BCUT2D eigenvalue weighted by atomic mass is 19.1. The van der Waals surface area contributed by atoms with E-state index in [-0.39, 0.29) is 11.9 Å². The molecule has 108 valence electrons. The van der Waals surface area contributed by atoms with Gasteiger partial charge in [-0.1, -0.05) is 26.8 Å². The van der Waals surface area contributed by atoms with Crippen LogP contribution >= 0.6 is 0 Å². The Morgan fingerprint density at radius 3 is 2.60 bits per heavy atom. The van der Waals surface area contributed by atoms with Crippen LogP contribution in [-0.2, 0) is 6.42 Å². The summed E-state index contributed by atoms with van der Waals surface area (Å²) in [6.45, 7) is 6.17. The van der Waals surface area contributed by atoms with Crippen LogP contribution in [0.4, 0.5) is 4.39 Å². The van der Waals surface area contributed by atoms with E-state index in [1.165, 1.54) is 0 Å². The molecule has 0 amide bonds. The average Bonchev–Trinajstić information content (AvgIpc) is 2.88. The molecule has 4 heteroatoms. The zero-order chi connectivity index (χ0) is 14.7. The Morgan fingerprint density at radius 2 is 2.05 bits per heavy atom. The number of rotatable bonds is 5. The molecule has 0 aliphatic carbocycles. The van der Waals surface area contributed by atoms with Gasteiger partial charge >= 0.3 is 0 Å². The highest BCUT2D eigenvalue weighted by Crippen LogP contribution is 2.18. The van der Waals surface area contributed by atoms with Crippen LogP contribution in [0.2, 0.25) is 0 Å². The third-order valence-electron chi connectivity index (χ3n) is 3.48. The largest absolute Gasteiger partial charge is 0.327 e. The Hall–Kier alpha value is -1.68. The summed E-state index contributed by atoms with van der Waals surface area (Å²) in [5, 5.41) is 4.40. The van der Waals surface area contributed by atoms with Crippen LogP contribution in [0.1, 0.15) is 44.4 Å². The van der Waals surface area contributed by atoms with Crippen molar-refractivity contribution in [2.75, 3.05) is 0 Å². The van der Waals surface area contributed by atoms with Crippen molar-refractivity contribution in [3.05, 3.63) is 47.5 Å². The van der Waals surface area contributed by atoms with E-state index < -0.39 is 0 Å². The van der Waals surface area contributed by atoms with Gasteiger partial charge in [-0.3, -0.25) is 0 Å². The molecule has 1 aromatic heterocycles. The van der Waals surface area contributed by atoms with Gasteiger partial charge in [0.25, 0.3) is 0 Å². The number of hydrogen-bond donors (Lipinski definition) is 1. The lowest BCUT2D eigenvalue weighted by Crippen LogP contribution is -2.21. The van der Waals surface area contributed by atoms with Crippen molar-refractivity contribution in [1.82, 2.24) is 9.78 Å². The van der Waals surface area contributed by atoms with Gasteiger partial charge in [-0.2, -0.15) is 5.10 Å². The van der Waals surface area contributed by atoms with Gasteiger partial charge < -0.3 is 5.73 Å². The number of hydrogen-bond acceptors (Lipinski definition) is 2. The first-order valence-electron chi connectivity index (χ1n) is 7.11. The normalized spacial score (nSPS) is 12.9. The average molecular weight is 275 g/mol. The molecular weight excluding hydrogens is 253 g/mol. The predicted molar refractivity (Wildman–Crippen MR) is 79.6 cm³/mol. The molecule has 0 bridgehead atoms. The van der Waals surface area contributed by atoms with Crippen LogP contribution in [-0.4, -0.2) is 15.8 Å². The van der Waals surface area contributed by atoms with E-state index in [0.717, 1.165) is 17.7 Å². The van der Waals surface area contributed by atoms with Gasteiger partial charge in [0, 0.05) is 12.2 Å². The number of nitrogens with two attached hydrogens (primary N) is 1. The van der Waals surface area contributed by atoms with Crippen molar-refractivity contribution in [3.63, 3.8) is 0 Å². The van der Waals surface area contributed by atoms with Crippen molar-refractivity contribution >= 4 is 0 Å². The maximum Gasteiger partial charge on any atom is 0.149 e. The molecule has 2 N–H and O–H groups in total. The molecule has 3 nitrogen and oxygen atoms in total. The summed E-state index contributed by atoms with van der Waals surface area (Å²) in [6, 6.07) is 7.25. The first kappa shape index (κ1) is 14.7. The summed E-state index contributed by atoms with van der Waals surface area (Å²) in [5.74, 6) is 0.0744. The Balaban J connectivity index is 2.24. The molecule has 0 aliphatic heterocycles. The number of nitrogens with zero attached hydrogens (tertiary/aromatic N) is 2. The number of halogens is 1. The van der Waals surface area contributed by atoms with Gasteiger partial charge in [-0.15, -0.1) is 0 Å². The van der Waals surface area contributed by atoms with Crippen molar-refractivity contribution in [1.29, 1.82) is 0 Å². The lowest BCUT2D eigenvalue weighted by Gasteiger charge is -2.10. The third kappa shape index (κ3) is 3.25. The maximum atomic E-state index is 14.2. The molecule has 0 spiro atoms. The summed E-state index contributed by atoms with van der Waals surface area (Å²) in [4.78, 5) is 0. The molecule has 2 rings (SSSR count). The van der Waals surface area contributed by atoms with Crippen LogP contribution in [0.3, 0.4) is 0 Å². The standard InChI is InChI=1S/C16H22FN3/c1-4-13(18)9-12-5-6-16(14(17)10-12)20-8-7-15(19-20)11(2)3/h5-8,10-11,13H,4,9,18H2,1-3H3. The molecule has 0 aliphatic rings. The number of benzene rings is 1. The summed E-state index contributed by atoms with van der Waals surface area (Å²) in [6.07, 6.45) is 3.38. The molecule has 1 aromatic carbocycles. The lowest BCUT2D eigenvalue weighted by molar-refractivity contribution is 0.599. The molecule has 1 unspecified atom stereocenters. The van der Waals surface area contributed by atoms with Crippen LogP contribution in [0.5, 0.6) is 0 Å². The molecule has 0 radical (unpaired) electrons. The molecular formula is C16H22FN3. The molecule has 0 saturated carbocycles. The summed E-state index contributed by atoms with van der Waals surface area (Å²) >= 11 is 0. The van der Waals surface area contributed by atoms with Gasteiger partial charge in [-0.05, 0) is 42.5 Å². The zero-order valence-corrected chi connectivity index (χ0v) is 12.3. The summed E-state index contributed by atoms with van der Waals surface area (Å²) in [5.41, 5.74) is 8.27. The summed E-state index contributed by atoms with van der Waals surface area (Å²) in [7, 11) is 0. The van der Waals surface area contributed by atoms with E-state index in [4.69, 9.17) is 5.73 Å². The Labute approximate surface area is 119 Å². The fraction of sp³-hybridized carbons (Fsp3) is 0.438. The topological polar surface area (TPSA) is 43.8 Å². The highest BCUT2D eigenvalue weighted by Gasteiger charge is 2.10. The SMILES string of the molecule is CCC(N)Cc1ccc(-n2ccc(C(C)C)n2)c(F)c1. The van der Waals surface area contributed by atoms with Crippen molar-refractivity contribution < 1.29 is 4.39 Å². The molecule has 0 fully saturated rings. The first-order chi connectivity index (χ1) is 9.51. The van der Waals surface area contributed by atoms with Crippen molar-refractivity contribution in [2.45, 2.75) is 45.6 Å². The van der Waals surface area contributed by atoms with Crippen LogP contribution in [0, 0.1) is 5.82 Å². The Morgan fingerprint density at radius 1 is 1.30 bits per heavy atom. The van der Waals surface area contributed by atoms with E-state index in [1.54, 1.807) is 23.0 Å². The smallest absolute Gasteiger partial charge is 0.149 e. The van der Waals surface area contributed by atoms with E-state index >= 15 is 0 Å². The molecule has 2 aromatic rings. The third-order valence-corrected chi connectivity index (χ3v) is 3.48. The molecule has 20 heavy (non-hydrogen) atoms. The second kappa shape index (κ2) is 6.18. The molecule has 0 saturated heterocycles. The highest BCUT2D eigenvalue weighted by molar-refractivity contribution is 5.36. The monoisotopic (exact) mass is 275 g/mol. The maximum absolute atomic E-state index is 14.2. The van der Waals surface area contributed by atoms with Crippen LogP contribution < -0.4 is 5.73 Å². The van der Waals surface area contributed by atoms with E-state index in [2.05, 4.69) is 18.9 Å². The van der Waals surface area contributed by atoms with E-state index in [0.29, 0.717) is 18.0 Å². The second-order valence-electron chi connectivity index (χ2n) is 5.50. The first-order valence-corrected chi connectivity index (χ1v) is 7.11. The van der Waals surface area contributed by atoms with E-state index in [9.17, 15) is 4.39 Å². The van der Waals surface area contributed by atoms with Crippen LogP contribution in [0.15, 0.2) is 30.5 Å². The lowest BCUT2D eigenvalue weighted by atomic mass is 10.0. The van der Waals surface area contributed by atoms with Gasteiger partial charge in [-0.25, -0.2) is 9.07 Å². The van der Waals surface area contributed by atoms with Gasteiger partial charge in [0.15, 0.2) is 0 Å². The van der Waals surface area contributed by atoms with Crippen molar-refractivity contribution in [2.24, 2.45) is 5.73 Å². The van der Waals surface area contributed by atoms with E-state index in [1.807, 2.05) is 19.1 Å². The van der Waals surface area contributed by atoms with Gasteiger partial charge in [0.2, 0.25) is 0 Å². The summed E-state index contributed by atoms with van der Waals surface area (Å²) < 4.78 is 15.8. The fourth-order valence-corrected chi connectivity index (χ4v) is 2.09. The van der Waals surface area contributed by atoms with Gasteiger partial charge in [0.05, 0.1) is 5.69 Å². The van der Waals surface area contributed by atoms with Gasteiger partial charge in [0.1, 0.15) is 11.5 Å². The second-order valence-corrected chi connectivity index (χ2v) is 5.50.